The summed E-state index contributed by atoms with van der Waals surface area (Å²) in [5, 5.41) is 5.46. The Balaban J connectivity index is 0.00000146. The van der Waals surface area contributed by atoms with Crippen LogP contribution in [0.4, 0.5) is 11.4 Å². The van der Waals surface area contributed by atoms with Gasteiger partial charge in [-0.3, -0.25) is 0 Å². The molecule has 7 heteroatoms. The molecule has 0 amide bonds. The van der Waals surface area contributed by atoms with Crippen molar-refractivity contribution in [1.82, 2.24) is 0 Å². The van der Waals surface area contributed by atoms with E-state index in [0.717, 1.165) is 13.1 Å². The molecule has 0 bridgehead atoms. The molecule has 0 radical (unpaired) electrons. The lowest BCUT2D eigenvalue weighted by molar-refractivity contribution is -2.00. The van der Waals surface area contributed by atoms with E-state index in [4.69, 9.17) is 18.6 Å². The van der Waals surface area contributed by atoms with Crippen LogP contribution in [0.3, 0.4) is 0 Å². The maximum absolute atomic E-state index is 8.49. The summed E-state index contributed by atoms with van der Waals surface area (Å²) < 4.78 is 36.6. The topological polar surface area (TPSA) is 98.5 Å². The summed E-state index contributed by atoms with van der Waals surface area (Å²) in [7, 11) is -4.94. The summed E-state index contributed by atoms with van der Waals surface area (Å²) in [4.78, 5) is 2.66. The highest BCUT2D eigenvalue weighted by Gasteiger charge is 2.45. The van der Waals surface area contributed by atoms with Gasteiger partial charge >= 0.3 is 0 Å². The molecule has 0 fully saturated rings. The molecule has 2 aliphatic heterocycles. The minimum atomic E-state index is -4.94. The van der Waals surface area contributed by atoms with Crippen molar-refractivity contribution in [3.63, 3.8) is 0 Å². The number of benzene rings is 4. The van der Waals surface area contributed by atoms with Crippen LogP contribution in [0, 0.1) is 10.2 Å². The van der Waals surface area contributed by atoms with E-state index in [9.17, 15) is 0 Å². The van der Waals surface area contributed by atoms with Crippen molar-refractivity contribution < 1.29 is 33.5 Å². The van der Waals surface area contributed by atoms with Gasteiger partial charge in [-0.25, -0.2) is 18.6 Å². The minimum absolute atomic E-state index is 0.0838. The SMILES string of the molecule is CCCCCCCCCCCCN1\C(=C/C=C/C=C/C2=[N+](CCCCCCCCCCCC)c3ccc4ccccc4c3C2(C)C)C(C)(C)c2c1ccc1ccccc21.[O-][Cl+3]([O-])([O-])[O-]. The van der Waals surface area contributed by atoms with Gasteiger partial charge in [0.2, 0.25) is 5.69 Å². The smallest absolute Gasteiger partial charge is 0.210 e. The first-order valence-electron chi connectivity index (χ1n) is 24.9. The van der Waals surface area contributed by atoms with Crippen LogP contribution in [0.5, 0.6) is 0 Å². The predicted octanol–water partition coefficient (Wildman–Crippen LogP) is 12.2. The summed E-state index contributed by atoms with van der Waals surface area (Å²) in [6, 6.07) is 27.4. The summed E-state index contributed by atoms with van der Waals surface area (Å²) >= 11 is 0. The van der Waals surface area contributed by atoms with E-state index in [1.807, 2.05) is 0 Å². The lowest BCUT2D eigenvalue weighted by Gasteiger charge is -2.27. The zero-order valence-electron chi connectivity index (χ0n) is 40.3. The standard InChI is InChI=1S/C57H79N2.ClHO4/c1-7-9-11-13-15-17-19-21-23-32-44-58-50-42-40-46-34-28-30-36-48(46)54(50)56(3,4)52(58)38-26-25-27-39-53-57(5,6)55-49-37-31-29-35-47(49)41-43-51(55)59(53)45-33-24-22-20-18-16-14-12-10-8-2;2-1(3,4)5/h25-31,34-43H,7-24,32-33,44-45H2,1-6H3;(H,2,3,4,5)/q+1;/p-1. The van der Waals surface area contributed by atoms with Crippen LogP contribution in [-0.4, -0.2) is 23.4 Å². The molecule has 2 heterocycles. The monoisotopic (exact) mass is 891 g/mol. The summed E-state index contributed by atoms with van der Waals surface area (Å²) in [5.74, 6) is 0. The third-order valence-corrected chi connectivity index (χ3v) is 13.7. The molecule has 6 rings (SSSR count). The number of halogens is 1. The highest BCUT2D eigenvalue weighted by molar-refractivity contribution is 6.07. The maximum atomic E-state index is 8.49. The summed E-state index contributed by atoms with van der Waals surface area (Å²) in [6.45, 7) is 16.5. The molecule has 4 aromatic rings. The average molecular weight is 892 g/mol. The predicted molar refractivity (Wildman–Crippen MR) is 261 cm³/mol. The minimum Gasteiger partial charge on any atom is -0.344 e. The Kier molecular flexibility index (Phi) is 20.2. The molecule has 0 aliphatic carbocycles. The highest BCUT2D eigenvalue weighted by Crippen LogP contribution is 2.51. The molecule has 0 saturated carbocycles. The summed E-state index contributed by atoms with van der Waals surface area (Å²) in [5.41, 5.74) is 8.42. The van der Waals surface area contributed by atoms with Crippen LogP contribution in [-0.2, 0) is 10.8 Å². The van der Waals surface area contributed by atoms with E-state index in [2.05, 4.69) is 154 Å². The fourth-order valence-corrected chi connectivity index (χ4v) is 10.4. The Labute approximate surface area is 389 Å². The lowest BCUT2D eigenvalue weighted by Crippen LogP contribution is -2.68. The molecule has 0 spiro atoms. The Morgan fingerprint density at radius 1 is 0.516 bits per heavy atom. The molecule has 6 nitrogen and oxygen atoms in total. The molecule has 0 N–H and O–H groups in total. The van der Waals surface area contributed by atoms with Crippen molar-refractivity contribution in [3.8, 4) is 0 Å². The first kappa shape index (κ1) is 51.2. The van der Waals surface area contributed by atoms with Gasteiger partial charge in [-0.2, -0.15) is 4.58 Å². The number of anilines is 1. The van der Waals surface area contributed by atoms with Crippen molar-refractivity contribution in [2.24, 2.45) is 0 Å². The molecule has 0 atom stereocenters. The van der Waals surface area contributed by atoms with Gasteiger partial charge in [0.05, 0.1) is 5.41 Å². The van der Waals surface area contributed by atoms with E-state index >= 15 is 0 Å². The van der Waals surface area contributed by atoms with E-state index in [1.54, 1.807) is 0 Å². The first-order chi connectivity index (χ1) is 30.8. The van der Waals surface area contributed by atoms with Crippen molar-refractivity contribution in [2.75, 3.05) is 18.0 Å². The normalized spacial score (nSPS) is 16.2. The van der Waals surface area contributed by atoms with Crippen LogP contribution < -0.4 is 23.5 Å². The molecule has 0 aromatic heterocycles. The molecular formula is C57H79ClN2O4. The van der Waals surface area contributed by atoms with Crippen LogP contribution >= 0.6 is 0 Å². The van der Waals surface area contributed by atoms with E-state index in [-0.39, 0.29) is 10.8 Å². The molecular weight excluding hydrogens is 812 g/mol. The van der Waals surface area contributed by atoms with Crippen molar-refractivity contribution in [1.29, 1.82) is 0 Å². The molecule has 64 heavy (non-hydrogen) atoms. The Hall–Kier alpha value is -3.78. The second kappa shape index (κ2) is 25.2. The first-order valence-corrected chi connectivity index (χ1v) is 26.2. The second-order valence-electron chi connectivity index (χ2n) is 19.3. The van der Waals surface area contributed by atoms with Gasteiger partial charge in [0.25, 0.3) is 0 Å². The Bertz CT molecular complexity index is 2190. The fraction of sp³-hybridized carbons (Fsp3) is 0.526. The Morgan fingerprint density at radius 3 is 1.53 bits per heavy atom. The lowest BCUT2D eigenvalue weighted by atomic mass is 9.79. The number of rotatable bonds is 25. The van der Waals surface area contributed by atoms with Crippen LogP contribution in [0.2, 0.25) is 0 Å². The number of unbranched alkanes of at least 4 members (excludes halogenated alkanes) is 18. The molecule has 348 valence electrons. The number of allylic oxidation sites excluding steroid dienone is 6. The molecule has 4 aromatic carbocycles. The van der Waals surface area contributed by atoms with Crippen molar-refractivity contribution >= 4 is 38.6 Å². The summed E-state index contributed by atoms with van der Waals surface area (Å²) in [6.07, 6.45) is 39.0. The molecule has 0 saturated heterocycles. The van der Waals surface area contributed by atoms with Crippen molar-refractivity contribution in [3.05, 3.63) is 120 Å². The van der Waals surface area contributed by atoms with Gasteiger partial charge < -0.3 is 4.90 Å². The van der Waals surface area contributed by atoms with E-state index in [1.165, 1.54) is 184 Å². The zero-order chi connectivity index (χ0) is 46.0. The van der Waals surface area contributed by atoms with Crippen LogP contribution in [0.1, 0.15) is 181 Å². The van der Waals surface area contributed by atoms with Gasteiger partial charge in [-0.1, -0.05) is 210 Å². The molecule has 0 unspecified atom stereocenters. The largest absolute Gasteiger partial charge is 0.344 e. The van der Waals surface area contributed by atoms with Crippen LogP contribution in [0.15, 0.2) is 109 Å². The molecule has 2 aliphatic rings. The average Bonchev–Trinajstić information content (AvgIpc) is 3.62. The van der Waals surface area contributed by atoms with Crippen molar-refractivity contribution in [2.45, 2.75) is 181 Å². The Morgan fingerprint density at radius 2 is 0.984 bits per heavy atom. The van der Waals surface area contributed by atoms with E-state index in [0.29, 0.717) is 0 Å². The second-order valence-corrected chi connectivity index (χ2v) is 20.1. The number of hydrogen-bond acceptors (Lipinski definition) is 5. The number of nitrogens with zero attached hydrogens (tertiary/aromatic N) is 2. The van der Waals surface area contributed by atoms with Gasteiger partial charge in [-0.15, -0.1) is 10.2 Å². The number of hydrogen-bond donors (Lipinski definition) is 0. The van der Waals surface area contributed by atoms with Gasteiger partial charge in [-0.05, 0) is 72.0 Å². The highest BCUT2D eigenvalue weighted by atomic mass is 35.7. The zero-order valence-corrected chi connectivity index (χ0v) is 41.0. The maximum Gasteiger partial charge on any atom is 0.210 e. The van der Waals surface area contributed by atoms with Gasteiger partial charge in [0.1, 0.15) is 6.54 Å². The fourth-order valence-electron chi connectivity index (χ4n) is 10.4. The van der Waals surface area contributed by atoms with E-state index < -0.39 is 10.2 Å². The third kappa shape index (κ3) is 14.1. The van der Waals surface area contributed by atoms with Gasteiger partial charge in [0.15, 0.2) is 5.71 Å². The number of fused-ring (bicyclic) bond motifs is 6. The van der Waals surface area contributed by atoms with Gasteiger partial charge in [0, 0.05) is 47.5 Å². The third-order valence-electron chi connectivity index (χ3n) is 13.7. The van der Waals surface area contributed by atoms with Crippen LogP contribution in [0.25, 0.3) is 21.5 Å². The quantitative estimate of drug-likeness (QED) is 0.0375.